The maximum absolute atomic E-state index is 2.51. The minimum Gasteiger partial charge on any atom is -0.340 e. The van der Waals surface area contributed by atoms with Gasteiger partial charge in [-0.15, -0.1) is 12.4 Å². The van der Waals surface area contributed by atoms with Crippen LogP contribution in [0, 0.1) is 0 Å². The van der Waals surface area contributed by atoms with Crippen LogP contribution in [0.1, 0.15) is 12.8 Å². The fraction of sp³-hybridized carbons (Fsp3) is 0.226. The van der Waals surface area contributed by atoms with E-state index < -0.39 is 0 Å². The second kappa shape index (κ2) is 11.9. The van der Waals surface area contributed by atoms with E-state index in [1.807, 2.05) is 23.5 Å². The number of hydrogen-bond donors (Lipinski definition) is 0. The van der Waals surface area contributed by atoms with Crippen molar-refractivity contribution < 1.29 is 0 Å². The number of nitrogens with zero attached hydrogens (tertiary/aromatic N) is 3. The Morgan fingerprint density at radius 1 is 0.514 bits per heavy atom. The first kappa shape index (κ1) is 26.1. The van der Waals surface area contributed by atoms with Gasteiger partial charge in [0.2, 0.25) is 0 Å². The van der Waals surface area contributed by atoms with Crippen molar-refractivity contribution in [1.29, 1.82) is 0 Å². The first-order valence-corrected chi connectivity index (χ1v) is 14.4. The summed E-state index contributed by atoms with van der Waals surface area (Å²) >= 11 is 3.77. The molecule has 190 valence electrons. The third-order valence-corrected chi connectivity index (χ3v) is 9.17. The van der Waals surface area contributed by atoms with Crippen LogP contribution in [0.2, 0.25) is 0 Å². The van der Waals surface area contributed by atoms with Crippen molar-refractivity contribution in [3.8, 4) is 0 Å². The molecule has 0 saturated heterocycles. The molecule has 2 aliphatic heterocycles. The second-order valence-electron chi connectivity index (χ2n) is 9.39. The lowest BCUT2D eigenvalue weighted by atomic mass is 10.2. The average molecular weight is 546 g/mol. The number of hydrogen-bond acceptors (Lipinski definition) is 5. The van der Waals surface area contributed by atoms with E-state index in [-0.39, 0.29) is 12.4 Å². The molecule has 0 unspecified atom stereocenters. The highest BCUT2D eigenvalue weighted by atomic mass is 35.5. The second-order valence-corrected chi connectivity index (χ2v) is 11.6. The van der Waals surface area contributed by atoms with E-state index in [1.54, 1.807) is 0 Å². The molecule has 2 heterocycles. The summed E-state index contributed by atoms with van der Waals surface area (Å²) < 4.78 is 0. The van der Waals surface area contributed by atoms with Crippen LogP contribution in [-0.4, -0.2) is 38.1 Å². The van der Waals surface area contributed by atoms with Gasteiger partial charge in [-0.05, 0) is 81.5 Å². The molecule has 0 spiro atoms. The third-order valence-electron chi connectivity index (χ3n) is 6.91. The summed E-state index contributed by atoms with van der Waals surface area (Å²) in [5.41, 5.74) is 5.35. The van der Waals surface area contributed by atoms with E-state index >= 15 is 0 Å². The van der Waals surface area contributed by atoms with Crippen LogP contribution in [0.4, 0.5) is 22.7 Å². The Hall–Kier alpha value is -2.57. The van der Waals surface area contributed by atoms with Crippen molar-refractivity contribution in [1.82, 2.24) is 4.90 Å². The standard InChI is InChI=1S/C31H31N3S2.ClH/c1-32(20-10-22-33-24-12-2-6-16-28(24)35-29-17-7-3-13-25(29)33)21-11-23-34-26-14-4-8-18-30(26)36-31-19-9-5-15-27(31)34;/h2-9,12-19H,10-11,20-23H2,1H3;1H. The third kappa shape index (κ3) is 5.51. The van der Waals surface area contributed by atoms with Gasteiger partial charge in [-0.3, -0.25) is 0 Å². The van der Waals surface area contributed by atoms with E-state index in [9.17, 15) is 0 Å². The summed E-state index contributed by atoms with van der Waals surface area (Å²) in [6, 6.07) is 35.2. The minimum atomic E-state index is 0. The Morgan fingerprint density at radius 2 is 0.811 bits per heavy atom. The number of benzene rings is 4. The molecule has 0 aromatic heterocycles. The van der Waals surface area contributed by atoms with Gasteiger partial charge >= 0.3 is 0 Å². The first-order valence-electron chi connectivity index (χ1n) is 12.7. The Morgan fingerprint density at radius 3 is 1.14 bits per heavy atom. The van der Waals surface area contributed by atoms with E-state index in [2.05, 4.69) is 119 Å². The predicted molar refractivity (Wildman–Crippen MR) is 162 cm³/mol. The molecule has 0 radical (unpaired) electrons. The zero-order valence-electron chi connectivity index (χ0n) is 21.0. The summed E-state index contributed by atoms with van der Waals surface area (Å²) in [6.07, 6.45) is 2.27. The van der Waals surface area contributed by atoms with Crippen LogP contribution in [0.25, 0.3) is 0 Å². The molecule has 6 rings (SSSR count). The number of fused-ring (bicyclic) bond motifs is 4. The monoisotopic (exact) mass is 545 g/mol. The normalized spacial score (nSPS) is 13.4. The zero-order valence-corrected chi connectivity index (χ0v) is 23.5. The topological polar surface area (TPSA) is 9.72 Å². The molecule has 0 atom stereocenters. The van der Waals surface area contributed by atoms with Gasteiger partial charge in [0, 0.05) is 32.7 Å². The quantitative estimate of drug-likeness (QED) is 0.218. The Labute approximate surface area is 235 Å². The molecule has 37 heavy (non-hydrogen) atoms. The van der Waals surface area contributed by atoms with Gasteiger partial charge in [-0.25, -0.2) is 0 Å². The molecule has 6 heteroatoms. The number of anilines is 4. The smallest absolute Gasteiger partial charge is 0.0552 e. The lowest BCUT2D eigenvalue weighted by molar-refractivity contribution is 0.328. The maximum atomic E-state index is 2.51. The van der Waals surface area contributed by atoms with Crippen LogP contribution in [-0.2, 0) is 0 Å². The lowest BCUT2D eigenvalue weighted by Gasteiger charge is -2.34. The molecule has 4 aromatic rings. The largest absolute Gasteiger partial charge is 0.340 e. The van der Waals surface area contributed by atoms with Crippen molar-refractivity contribution in [2.75, 3.05) is 43.0 Å². The minimum absolute atomic E-state index is 0. The van der Waals surface area contributed by atoms with Crippen molar-refractivity contribution in [3.05, 3.63) is 97.1 Å². The van der Waals surface area contributed by atoms with Gasteiger partial charge in [0.25, 0.3) is 0 Å². The first-order chi connectivity index (χ1) is 17.8. The number of halogens is 1. The van der Waals surface area contributed by atoms with Gasteiger partial charge in [0.15, 0.2) is 0 Å². The zero-order chi connectivity index (χ0) is 24.3. The fourth-order valence-corrected chi connectivity index (χ4v) is 7.34. The van der Waals surface area contributed by atoms with Crippen LogP contribution < -0.4 is 9.80 Å². The van der Waals surface area contributed by atoms with Gasteiger partial charge in [0.1, 0.15) is 0 Å². The van der Waals surface area contributed by atoms with Crippen LogP contribution in [0.3, 0.4) is 0 Å². The molecule has 0 saturated carbocycles. The summed E-state index contributed by atoms with van der Waals surface area (Å²) in [4.78, 5) is 12.9. The summed E-state index contributed by atoms with van der Waals surface area (Å²) in [5, 5.41) is 0. The molecule has 0 fully saturated rings. The SMILES string of the molecule is CN(CCCN1c2ccccc2Sc2ccccc21)CCCN1c2ccccc2Sc2ccccc21.Cl. The molecular formula is C31H32ClN3S2. The van der Waals surface area contributed by atoms with Crippen LogP contribution in [0.15, 0.2) is 117 Å². The molecule has 0 bridgehead atoms. The molecule has 2 aliphatic rings. The molecule has 0 N–H and O–H groups in total. The Kier molecular flexibility index (Phi) is 8.36. The van der Waals surface area contributed by atoms with Gasteiger partial charge < -0.3 is 14.7 Å². The number of para-hydroxylation sites is 4. The number of rotatable bonds is 8. The van der Waals surface area contributed by atoms with Gasteiger partial charge in [0.05, 0.1) is 22.7 Å². The molecule has 0 aliphatic carbocycles. The molecule has 4 aromatic carbocycles. The van der Waals surface area contributed by atoms with E-state index in [1.165, 1.54) is 42.3 Å². The fourth-order valence-electron chi connectivity index (χ4n) is 5.15. The highest BCUT2D eigenvalue weighted by molar-refractivity contribution is 8.00. The highest BCUT2D eigenvalue weighted by Crippen LogP contribution is 2.49. The van der Waals surface area contributed by atoms with Crippen molar-refractivity contribution >= 4 is 58.7 Å². The highest BCUT2D eigenvalue weighted by Gasteiger charge is 2.24. The summed E-state index contributed by atoms with van der Waals surface area (Å²) in [7, 11) is 2.27. The lowest BCUT2D eigenvalue weighted by Crippen LogP contribution is -2.29. The maximum Gasteiger partial charge on any atom is 0.0552 e. The van der Waals surface area contributed by atoms with Crippen molar-refractivity contribution in [3.63, 3.8) is 0 Å². The Balaban J connectivity index is 0.00000280. The Bertz CT molecular complexity index is 1170. The van der Waals surface area contributed by atoms with E-state index in [0.29, 0.717) is 0 Å². The van der Waals surface area contributed by atoms with Gasteiger partial charge in [-0.1, -0.05) is 72.1 Å². The van der Waals surface area contributed by atoms with Crippen molar-refractivity contribution in [2.45, 2.75) is 32.4 Å². The molecule has 3 nitrogen and oxygen atoms in total. The van der Waals surface area contributed by atoms with E-state index in [0.717, 1.165) is 39.0 Å². The molecular weight excluding hydrogens is 514 g/mol. The van der Waals surface area contributed by atoms with Crippen LogP contribution in [0.5, 0.6) is 0 Å². The summed E-state index contributed by atoms with van der Waals surface area (Å²) in [5.74, 6) is 0. The van der Waals surface area contributed by atoms with E-state index in [4.69, 9.17) is 0 Å². The van der Waals surface area contributed by atoms with Crippen LogP contribution >= 0.6 is 35.9 Å². The summed E-state index contributed by atoms with van der Waals surface area (Å²) in [6.45, 7) is 4.25. The van der Waals surface area contributed by atoms with Crippen molar-refractivity contribution in [2.24, 2.45) is 0 Å². The average Bonchev–Trinajstić information content (AvgIpc) is 2.92. The predicted octanol–water partition coefficient (Wildman–Crippen LogP) is 8.73. The molecule has 0 amide bonds. The van der Waals surface area contributed by atoms with Gasteiger partial charge in [-0.2, -0.15) is 0 Å².